The lowest BCUT2D eigenvalue weighted by Gasteiger charge is -2.57. The number of nitrogens with zero attached hydrogens (tertiary/aromatic N) is 2. The molecule has 2 fully saturated rings. The number of rotatable bonds is 2. The second-order valence-corrected chi connectivity index (χ2v) is 7.85. The van der Waals surface area contributed by atoms with Gasteiger partial charge in [0.2, 0.25) is 5.91 Å². The van der Waals surface area contributed by atoms with Crippen LogP contribution in [-0.4, -0.2) is 46.8 Å². The summed E-state index contributed by atoms with van der Waals surface area (Å²) in [7, 11) is 0. The van der Waals surface area contributed by atoms with Crippen LogP contribution in [0.25, 0.3) is 0 Å². The number of thiophene rings is 1. The van der Waals surface area contributed by atoms with Crippen molar-refractivity contribution >= 4 is 23.2 Å². The minimum absolute atomic E-state index is 0.0307. The number of carbonyl (C=O) groups excluding carboxylic acids is 2. The van der Waals surface area contributed by atoms with Crippen molar-refractivity contribution in [1.29, 1.82) is 0 Å². The first-order valence-electron chi connectivity index (χ1n) is 8.09. The fraction of sp³-hybridized carbons (Fsp3) is 0.647. The summed E-state index contributed by atoms with van der Waals surface area (Å²) >= 11 is 1.52. The summed E-state index contributed by atoms with van der Waals surface area (Å²) in [6.07, 6.45) is 3.04. The Morgan fingerprint density at radius 2 is 2.05 bits per heavy atom. The van der Waals surface area contributed by atoms with E-state index in [1.54, 1.807) is 0 Å². The van der Waals surface area contributed by atoms with Crippen LogP contribution in [0.2, 0.25) is 0 Å². The van der Waals surface area contributed by atoms with Gasteiger partial charge in [0.15, 0.2) is 0 Å². The van der Waals surface area contributed by atoms with E-state index >= 15 is 0 Å². The summed E-state index contributed by atoms with van der Waals surface area (Å²) in [6.45, 7) is 8.27. The van der Waals surface area contributed by atoms with Gasteiger partial charge in [-0.2, -0.15) is 0 Å². The van der Waals surface area contributed by atoms with Crippen molar-refractivity contribution in [3.05, 3.63) is 21.9 Å². The molecule has 3 rings (SSSR count). The molecule has 1 atom stereocenters. The number of amides is 2. The molecule has 0 bridgehead atoms. The molecule has 0 radical (unpaired) electrons. The number of hydrogen-bond acceptors (Lipinski definition) is 3. The molecule has 120 valence electrons. The highest BCUT2D eigenvalue weighted by atomic mass is 32.1. The molecule has 2 amide bonds. The van der Waals surface area contributed by atoms with E-state index in [1.165, 1.54) is 11.3 Å². The van der Waals surface area contributed by atoms with Gasteiger partial charge in [-0.25, -0.2) is 0 Å². The Bertz CT molecular complexity index is 595. The first kappa shape index (κ1) is 15.5. The molecule has 0 N–H and O–H groups in total. The van der Waals surface area contributed by atoms with Crippen LogP contribution < -0.4 is 0 Å². The monoisotopic (exact) mass is 320 g/mol. The molecule has 2 aliphatic heterocycles. The summed E-state index contributed by atoms with van der Waals surface area (Å²) in [4.78, 5) is 29.8. The average Bonchev–Trinajstić information content (AvgIpc) is 2.92. The van der Waals surface area contributed by atoms with Crippen molar-refractivity contribution in [2.45, 2.75) is 45.6 Å². The van der Waals surface area contributed by atoms with E-state index < -0.39 is 0 Å². The predicted molar refractivity (Wildman–Crippen MR) is 88.1 cm³/mol. The standard InChI is InChI=1S/C17H24N2O2S/c1-12(2)15(20)19-8-6-17(19)5-4-7-18(11-17)16(21)14-9-13(3)10-22-14/h9-10,12H,4-8,11H2,1-3H3. The van der Waals surface area contributed by atoms with Crippen molar-refractivity contribution in [1.82, 2.24) is 9.80 Å². The molecule has 2 saturated heterocycles. The summed E-state index contributed by atoms with van der Waals surface area (Å²) in [5.41, 5.74) is 1.04. The molecule has 1 aromatic rings. The highest BCUT2D eigenvalue weighted by Crippen LogP contribution is 2.40. The van der Waals surface area contributed by atoms with Crippen LogP contribution in [0.15, 0.2) is 11.4 Å². The van der Waals surface area contributed by atoms with E-state index in [-0.39, 0.29) is 23.3 Å². The van der Waals surface area contributed by atoms with Crippen LogP contribution in [0.4, 0.5) is 0 Å². The Hall–Kier alpha value is -1.36. The van der Waals surface area contributed by atoms with Gasteiger partial charge < -0.3 is 9.80 Å². The van der Waals surface area contributed by atoms with Gasteiger partial charge in [-0.1, -0.05) is 13.8 Å². The molecule has 2 aliphatic rings. The van der Waals surface area contributed by atoms with Gasteiger partial charge in [-0.3, -0.25) is 9.59 Å². The predicted octanol–water partition coefficient (Wildman–Crippen LogP) is 2.92. The molecule has 1 unspecified atom stereocenters. The van der Waals surface area contributed by atoms with Gasteiger partial charge in [-0.15, -0.1) is 11.3 Å². The second-order valence-electron chi connectivity index (χ2n) is 6.94. The van der Waals surface area contributed by atoms with Crippen LogP contribution in [0.5, 0.6) is 0 Å². The van der Waals surface area contributed by atoms with Crippen LogP contribution in [0.1, 0.15) is 48.3 Å². The number of hydrogen-bond donors (Lipinski definition) is 0. The Balaban J connectivity index is 1.74. The second kappa shape index (κ2) is 5.69. The van der Waals surface area contributed by atoms with Gasteiger partial charge in [0, 0.05) is 25.6 Å². The SMILES string of the molecule is Cc1csc(C(=O)N2CCCC3(CCN3C(=O)C(C)C)C2)c1. The van der Waals surface area contributed by atoms with Crippen molar-refractivity contribution in [2.24, 2.45) is 5.92 Å². The zero-order chi connectivity index (χ0) is 15.9. The number of aryl methyl sites for hydroxylation is 1. The minimum atomic E-state index is -0.0957. The van der Waals surface area contributed by atoms with E-state index in [0.717, 1.165) is 42.8 Å². The zero-order valence-electron chi connectivity index (χ0n) is 13.6. The first-order valence-corrected chi connectivity index (χ1v) is 8.97. The molecular weight excluding hydrogens is 296 g/mol. The maximum absolute atomic E-state index is 12.7. The van der Waals surface area contributed by atoms with Crippen LogP contribution >= 0.6 is 11.3 Å². The Labute approximate surface area is 136 Å². The normalized spacial score (nSPS) is 24.7. The van der Waals surface area contributed by atoms with Crippen LogP contribution in [-0.2, 0) is 4.79 Å². The third-order valence-electron chi connectivity index (χ3n) is 4.92. The molecule has 5 heteroatoms. The molecule has 1 aromatic heterocycles. The average molecular weight is 320 g/mol. The Morgan fingerprint density at radius 1 is 1.27 bits per heavy atom. The lowest BCUT2D eigenvalue weighted by atomic mass is 9.77. The summed E-state index contributed by atoms with van der Waals surface area (Å²) in [5, 5.41) is 2.02. The Kier molecular flexibility index (Phi) is 4.02. The number of piperidine rings is 1. The summed E-state index contributed by atoms with van der Waals surface area (Å²) in [5.74, 6) is 0.386. The number of carbonyl (C=O) groups is 2. The quantitative estimate of drug-likeness (QED) is 0.840. The zero-order valence-corrected chi connectivity index (χ0v) is 14.4. The summed E-state index contributed by atoms with van der Waals surface area (Å²) < 4.78 is 0. The Morgan fingerprint density at radius 3 is 2.59 bits per heavy atom. The molecular formula is C17H24N2O2S. The third kappa shape index (κ3) is 2.56. The fourth-order valence-corrected chi connectivity index (χ4v) is 4.47. The van der Waals surface area contributed by atoms with Crippen LogP contribution in [0.3, 0.4) is 0 Å². The topological polar surface area (TPSA) is 40.6 Å². The number of likely N-dealkylation sites (tertiary alicyclic amines) is 2. The first-order chi connectivity index (χ1) is 10.4. The van der Waals surface area contributed by atoms with E-state index in [9.17, 15) is 9.59 Å². The minimum Gasteiger partial charge on any atom is -0.336 e. The molecule has 1 spiro atoms. The maximum Gasteiger partial charge on any atom is 0.264 e. The van der Waals surface area contributed by atoms with Crippen molar-refractivity contribution in [2.75, 3.05) is 19.6 Å². The van der Waals surface area contributed by atoms with Crippen molar-refractivity contribution in [3.8, 4) is 0 Å². The van der Waals surface area contributed by atoms with E-state index in [2.05, 4.69) is 0 Å². The third-order valence-corrected chi connectivity index (χ3v) is 5.95. The maximum atomic E-state index is 12.7. The van der Waals surface area contributed by atoms with Gasteiger partial charge >= 0.3 is 0 Å². The van der Waals surface area contributed by atoms with Crippen LogP contribution in [0, 0.1) is 12.8 Å². The van der Waals surface area contributed by atoms with E-state index in [0.29, 0.717) is 6.54 Å². The molecule has 0 aliphatic carbocycles. The lowest BCUT2D eigenvalue weighted by Crippen LogP contribution is -2.69. The molecule has 0 aromatic carbocycles. The van der Waals surface area contributed by atoms with Gasteiger partial charge in [0.25, 0.3) is 5.91 Å². The largest absolute Gasteiger partial charge is 0.336 e. The van der Waals surface area contributed by atoms with E-state index in [4.69, 9.17) is 0 Å². The fourth-order valence-electron chi connectivity index (χ4n) is 3.60. The van der Waals surface area contributed by atoms with Gasteiger partial charge in [0.05, 0.1) is 10.4 Å². The molecule has 0 saturated carbocycles. The summed E-state index contributed by atoms with van der Waals surface area (Å²) in [6, 6.07) is 1.96. The highest BCUT2D eigenvalue weighted by Gasteiger charge is 2.50. The van der Waals surface area contributed by atoms with Crippen molar-refractivity contribution < 1.29 is 9.59 Å². The highest BCUT2D eigenvalue weighted by molar-refractivity contribution is 7.12. The van der Waals surface area contributed by atoms with Crippen molar-refractivity contribution in [3.63, 3.8) is 0 Å². The molecule has 3 heterocycles. The molecule has 4 nitrogen and oxygen atoms in total. The lowest BCUT2D eigenvalue weighted by molar-refractivity contribution is -0.155. The van der Waals surface area contributed by atoms with Gasteiger partial charge in [-0.05, 0) is 43.2 Å². The molecule has 22 heavy (non-hydrogen) atoms. The van der Waals surface area contributed by atoms with Gasteiger partial charge in [0.1, 0.15) is 0 Å². The van der Waals surface area contributed by atoms with E-state index in [1.807, 2.05) is 42.0 Å². The smallest absolute Gasteiger partial charge is 0.264 e.